The van der Waals surface area contributed by atoms with Gasteiger partial charge in [0, 0.05) is 25.7 Å². The van der Waals surface area contributed by atoms with Gasteiger partial charge in [-0.05, 0) is 49.9 Å². The number of carbonyl (C=O) groups is 2. The minimum Gasteiger partial charge on any atom is -0.358 e. The number of aryl methyl sites for hydroxylation is 1. The summed E-state index contributed by atoms with van der Waals surface area (Å²) in [5.41, 5.74) is 4.70. The maximum absolute atomic E-state index is 12.7. The zero-order valence-corrected chi connectivity index (χ0v) is 15.9. The summed E-state index contributed by atoms with van der Waals surface area (Å²) < 4.78 is 0. The van der Waals surface area contributed by atoms with Crippen molar-refractivity contribution in [1.29, 1.82) is 0 Å². The molecule has 0 aromatic heterocycles. The van der Waals surface area contributed by atoms with Gasteiger partial charge in [-0.2, -0.15) is 0 Å². The lowest BCUT2D eigenvalue weighted by atomic mass is 9.96. The number of hydrogen-bond acceptors (Lipinski definition) is 3. The van der Waals surface area contributed by atoms with Crippen molar-refractivity contribution in [1.82, 2.24) is 5.32 Å². The predicted octanol–water partition coefficient (Wildman–Crippen LogP) is 3.26. The third-order valence-corrected chi connectivity index (χ3v) is 5.56. The summed E-state index contributed by atoms with van der Waals surface area (Å²) in [6.07, 6.45) is 3.10. The fraction of sp³-hybridized carbons (Fsp3) is 0.364. The molecule has 0 aliphatic carbocycles. The van der Waals surface area contributed by atoms with E-state index in [0.29, 0.717) is 12.1 Å². The smallest absolute Gasteiger partial charge is 0.251 e. The van der Waals surface area contributed by atoms with Crippen molar-refractivity contribution in [2.75, 3.05) is 23.4 Å². The van der Waals surface area contributed by atoms with Gasteiger partial charge in [-0.25, -0.2) is 0 Å². The first-order valence-corrected chi connectivity index (χ1v) is 9.56. The summed E-state index contributed by atoms with van der Waals surface area (Å²) in [5, 5.41) is 2.98. The highest BCUT2D eigenvalue weighted by atomic mass is 16.2. The number of amides is 2. The summed E-state index contributed by atoms with van der Waals surface area (Å²) in [4.78, 5) is 29.3. The van der Waals surface area contributed by atoms with Crippen LogP contribution in [-0.2, 0) is 11.3 Å². The van der Waals surface area contributed by atoms with Crippen LogP contribution < -0.4 is 15.1 Å². The van der Waals surface area contributed by atoms with Crippen molar-refractivity contribution in [2.24, 2.45) is 0 Å². The zero-order chi connectivity index (χ0) is 19.0. The topological polar surface area (TPSA) is 52.7 Å². The summed E-state index contributed by atoms with van der Waals surface area (Å²) >= 11 is 0. The average molecular weight is 363 g/mol. The van der Waals surface area contributed by atoms with E-state index in [1.54, 1.807) is 4.90 Å². The normalized spacial score (nSPS) is 18.7. The lowest BCUT2D eigenvalue weighted by Crippen LogP contribution is -2.54. The van der Waals surface area contributed by atoms with Crippen LogP contribution in [0.25, 0.3) is 0 Å². The number of rotatable bonds is 3. The minimum atomic E-state index is -0.124. The average Bonchev–Trinajstić information content (AvgIpc) is 2.70. The number of nitrogens with one attached hydrogen (secondary N) is 1. The molecule has 5 heteroatoms. The van der Waals surface area contributed by atoms with Crippen LogP contribution in [0.3, 0.4) is 0 Å². The molecule has 1 saturated heterocycles. The SMILES string of the molecule is Cc1cccc(CNC(=O)c2ccc3c(c2)N(C)C(=O)C2CCCCN32)c1. The Morgan fingerprint density at radius 2 is 2.00 bits per heavy atom. The molecule has 2 aromatic carbocycles. The van der Waals surface area contributed by atoms with Crippen molar-refractivity contribution in [3.8, 4) is 0 Å². The first-order valence-electron chi connectivity index (χ1n) is 9.56. The fourth-order valence-electron chi connectivity index (χ4n) is 4.10. The molecule has 140 valence electrons. The van der Waals surface area contributed by atoms with Gasteiger partial charge < -0.3 is 15.1 Å². The van der Waals surface area contributed by atoms with Gasteiger partial charge in [-0.15, -0.1) is 0 Å². The second kappa shape index (κ2) is 7.06. The van der Waals surface area contributed by atoms with E-state index in [0.717, 1.165) is 42.7 Å². The molecule has 2 heterocycles. The Balaban J connectivity index is 1.55. The molecular weight excluding hydrogens is 338 g/mol. The molecule has 27 heavy (non-hydrogen) atoms. The van der Waals surface area contributed by atoms with Crippen molar-refractivity contribution < 1.29 is 9.59 Å². The van der Waals surface area contributed by atoms with Gasteiger partial charge in [0.1, 0.15) is 6.04 Å². The molecular formula is C22H25N3O2. The zero-order valence-electron chi connectivity index (χ0n) is 15.9. The Labute approximate surface area is 160 Å². The second-order valence-electron chi connectivity index (χ2n) is 7.48. The molecule has 2 aliphatic rings. The van der Waals surface area contributed by atoms with Gasteiger partial charge >= 0.3 is 0 Å². The van der Waals surface area contributed by atoms with Gasteiger partial charge in [0.05, 0.1) is 11.4 Å². The Morgan fingerprint density at radius 3 is 2.81 bits per heavy atom. The highest BCUT2D eigenvalue weighted by Crippen LogP contribution is 2.39. The lowest BCUT2D eigenvalue weighted by molar-refractivity contribution is -0.120. The third kappa shape index (κ3) is 3.29. The fourth-order valence-corrected chi connectivity index (χ4v) is 4.10. The van der Waals surface area contributed by atoms with Gasteiger partial charge in [0.2, 0.25) is 5.91 Å². The van der Waals surface area contributed by atoms with E-state index in [9.17, 15) is 9.59 Å². The van der Waals surface area contributed by atoms with Gasteiger partial charge in [-0.1, -0.05) is 29.8 Å². The van der Waals surface area contributed by atoms with E-state index in [2.05, 4.69) is 16.3 Å². The Hall–Kier alpha value is -2.82. The second-order valence-corrected chi connectivity index (χ2v) is 7.48. The van der Waals surface area contributed by atoms with Crippen molar-refractivity contribution >= 4 is 23.2 Å². The number of likely N-dealkylation sites (N-methyl/N-ethyl adjacent to an activating group) is 1. The number of hydrogen-bond donors (Lipinski definition) is 1. The standard InChI is InChI=1S/C22H25N3O2/c1-15-6-5-7-16(12-15)14-23-21(26)17-9-10-18-20(13-17)24(2)22(27)19-8-3-4-11-25(18)19/h5-7,9-10,12-13,19H,3-4,8,11,14H2,1-2H3,(H,23,26). The number of fused-ring (bicyclic) bond motifs is 3. The highest BCUT2D eigenvalue weighted by Gasteiger charge is 2.37. The number of nitrogens with zero attached hydrogens (tertiary/aromatic N) is 2. The molecule has 1 atom stereocenters. The molecule has 2 aliphatic heterocycles. The first kappa shape index (κ1) is 17.6. The molecule has 0 saturated carbocycles. The molecule has 1 unspecified atom stereocenters. The molecule has 2 amide bonds. The van der Waals surface area contributed by atoms with Crippen LogP contribution in [-0.4, -0.2) is 31.4 Å². The van der Waals surface area contributed by atoms with E-state index in [-0.39, 0.29) is 17.9 Å². The summed E-state index contributed by atoms with van der Waals surface area (Å²) in [6, 6.07) is 13.7. The van der Waals surface area contributed by atoms with E-state index in [1.165, 1.54) is 5.56 Å². The molecule has 2 aromatic rings. The van der Waals surface area contributed by atoms with Crippen LogP contribution >= 0.6 is 0 Å². The summed E-state index contributed by atoms with van der Waals surface area (Å²) in [5.74, 6) is 0.000409. The largest absolute Gasteiger partial charge is 0.358 e. The Morgan fingerprint density at radius 1 is 1.15 bits per heavy atom. The molecule has 1 fully saturated rings. The van der Waals surface area contributed by atoms with Crippen LogP contribution in [0.5, 0.6) is 0 Å². The molecule has 0 spiro atoms. The third-order valence-electron chi connectivity index (χ3n) is 5.56. The first-order chi connectivity index (χ1) is 13.0. The van der Waals surface area contributed by atoms with Crippen molar-refractivity contribution in [3.05, 3.63) is 59.2 Å². The molecule has 0 bridgehead atoms. The summed E-state index contributed by atoms with van der Waals surface area (Å²) in [7, 11) is 1.81. The molecule has 1 N–H and O–H groups in total. The molecule has 0 radical (unpaired) electrons. The van der Waals surface area contributed by atoms with E-state index in [1.807, 2.05) is 50.4 Å². The number of piperidine rings is 1. The Bertz CT molecular complexity index is 893. The maximum atomic E-state index is 12.7. The number of carbonyl (C=O) groups excluding carboxylic acids is 2. The molecule has 4 rings (SSSR count). The van der Waals surface area contributed by atoms with Gasteiger partial charge in [0.25, 0.3) is 5.91 Å². The van der Waals surface area contributed by atoms with Crippen LogP contribution in [0.15, 0.2) is 42.5 Å². The van der Waals surface area contributed by atoms with E-state index >= 15 is 0 Å². The van der Waals surface area contributed by atoms with Gasteiger partial charge in [0.15, 0.2) is 0 Å². The van der Waals surface area contributed by atoms with Crippen LogP contribution in [0.2, 0.25) is 0 Å². The van der Waals surface area contributed by atoms with Gasteiger partial charge in [-0.3, -0.25) is 9.59 Å². The quantitative estimate of drug-likeness (QED) is 0.911. The highest BCUT2D eigenvalue weighted by molar-refractivity contribution is 6.07. The lowest BCUT2D eigenvalue weighted by Gasteiger charge is -2.44. The van der Waals surface area contributed by atoms with Crippen molar-refractivity contribution in [3.63, 3.8) is 0 Å². The van der Waals surface area contributed by atoms with Crippen LogP contribution in [0, 0.1) is 6.92 Å². The van der Waals surface area contributed by atoms with Crippen LogP contribution in [0.1, 0.15) is 40.7 Å². The van der Waals surface area contributed by atoms with E-state index < -0.39 is 0 Å². The van der Waals surface area contributed by atoms with Crippen LogP contribution in [0.4, 0.5) is 11.4 Å². The number of anilines is 2. The number of benzene rings is 2. The molecule has 5 nitrogen and oxygen atoms in total. The minimum absolute atomic E-state index is 0.0581. The van der Waals surface area contributed by atoms with Crippen molar-refractivity contribution in [2.45, 2.75) is 38.8 Å². The predicted molar refractivity (Wildman–Crippen MR) is 107 cm³/mol. The summed E-state index contributed by atoms with van der Waals surface area (Å²) in [6.45, 7) is 3.42. The Kier molecular flexibility index (Phi) is 4.60. The monoisotopic (exact) mass is 363 g/mol. The maximum Gasteiger partial charge on any atom is 0.251 e. The van der Waals surface area contributed by atoms with E-state index in [4.69, 9.17) is 0 Å².